The first-order chi connectivity index (χ1) is 12.8. The number of benzene rings is 2. The van der Waals surface area contributed by atoms with E-state index >= 15 is 0 Å². The number of rotatable bonds is 3. The topological polar surface area (TPSA) is 70.4 Å². The monoisotopic (exact) mass is 443 g/mol. The standard InChI is InChI=1S/C17H9Cl3FN3O2S/c18-11-3-1-8(5-12(11)19)22-7-10-15(25)23-17(27)24(16(10)26)9-2-4-14(21)13(20)6-9/h1-7,26H,(H,23,25,27). The van der Waals surface area contributed by atoms with Crippen molar-refractivity contribution in [2.24, 2.45) is 4.99 Å². The summed E-state index contributed by atoms with van der Waals surface area (Å²) in [5, 5.41) is 11.0. The van der Waals surface area contributed by atoms with Crippen molar-refractivity contribution in [2.45, 2.75) is 0 Å². The van der Waals surface area contributed by atoms with E-state index in [1.807, 2.05) is 0 Å². The molecular weight excluding hydrogens is 436 g/mol. The summed E-state index contributed by atoms with van der Waals surface area (Å²) in [5.41, 5.74) is -0.118. The molecule has 0 saturated carbocycles. The van der Waals surface area contributed by atoms with Crippen molar-refractivity contribution in [3.05, 3.63) is 78.0 Å². The fraction of sp³-hybridized carbons (Fsp3) is 0. The second-order valence-corrected chi connectivity index (χ2v) is 6.90. The van der Waals surface area contributed by atoms with Crippen LogP contribution in [0.3, 0.4) is 0 Å². The Labute approximate surface area is 172 Å². The van der Waals surface area contributed by atoms with Gasteiger partial charge in [-0.3, -0.25) is 19.3 Å². The summed E-state index contributed by atoms with van der Waals surface area (Å²) in [6.45, 7) is 0. The van der Waals surface area contributed by atoms with Gasteiger partial charge in [0.15, 0.2) is 4.77 Å². The first-order valence-corrected chi connectivity index (χ1v) is 8.85. The minimum Gasteiger partial charge on any atom is -0.494 e. The molecule has 0 amide bonds. The summed E-state index contributed by atoms with van der Waals surface area (Å²) < 4.78 is 14.4. The van der Waals surface area contributed by atoms with Crippen LogP contribution in [0.4, 0.5) is 10.1 Å². The molecule has 2 N–H and O–H groups in total. The molecule has 0 aliphatic heterocycles. The van der Waals surface area contributed by atoms with Crippen molar-refractivity contribution in [3.63, 3.8) is 0 Å². The van der Waals surface area contributed by atoms with E-state index in [1.54, 1.807) is 12.1 Å². The van der Waals surface area contributed by atoms with Crippen molar-refractivity contribution in [2.75, 3.05) is 0 Å². The number of aromatic amines is 1. The third kappa shape index (κ3) is 4.06. The minimum atomic E-state index is -0.647. The highest BCUT2D eigenvalue weighted by atomic mass is 35.5. The summed E-state index contributed by atoms with van der Waals surface area (Å²) >= 11 is 22.6. The molecule has 2 aromatic carbocycles. The van der Waals surface area contributed by atoms with E-state index in [2.05, 4.69) is 9.98 Å². The lowest BCUT2D eigenvalue weighted by molar-refractivity contribution is 0.432. The molecule has 3 rings (SSSR count). The molecule has 0 aliphatic rings. The van der Waals surface area contributed by atoms with Gasteiger partial charge in [-0.1, -0.05) is 34.8 Å². The summed E-state index contributed by atoms with van der Waals surface area (Å²) in [6, 6.07) is 8.38. The molecule has 0 unspecified atom stereocenters. The Hall–Kier alpha value is -2.19. The molecule has 0 saturated heterocycles. The third-order valence-electron chi connectivity index (χ3n) is 3.53. The lowest BCUT2D eigenvalue weighted by atomic mass is 10.2. The number of aliphatic imine (C=N–C) groups is 1. The molecule has 0 atom stereocenters. The molecular formula is C17H9Cl3FN3O2S. The average molecular weight is 445 g/mol. The van der Waals surface area contributed by atoms with Crippen LogP contribution in [0.1, 0.15) is 5.56 Å². The molecule has 0 fully saturated rings. The Balaban J connectivity index is 2.12. The fourth-order valence-electron chi connectivity index (χ4n) is 2.22. The van der Waals surface area contributed by atoms with Gasteiger partial charge in [0.25, 0.3) is 5.56 Å². The number of nitrogens with zero attached hydrogens (tertiary/aromatic N) is 2. The number of halogens is 4. The molecule has 1 heterocycles. The van der Waals surface area contributed by atoms with Gasteiger partial charge in [-0.2, -0.15) is 0 Å². The van der Waals surface area contributed by atoms with E-state index in [4.69, 9.17) is 47.0 Å². The van der Waals surface area contributed by atoms with E-state index in [1.165, 1.54) is 18.2 Å². The van der Waals surface area contributed by atoms with Gasteiger partial charge in [0, 0.05) is 6.21 Å². The molecule has 0 aliphatic carbocycles. The van der Waals surface area contributed by atoms with E-state index in [0.717, 1.165) is 16.8 Å². The van der Waals surface area contributed by atoms with Crippen molar-refractivity contribution in [1.29, 1.82) is 0 Å². The van der Waals surface area contributed by atoms with Crippen LogP contribution in [0.15, 0.2) is 46.2 Å². The van der Waals surface area contributed by atoms with Gasteiger partial charge in [-0.05, 0) is 48.6 Å². The van der Waals surface area contributed by atoms with Crippen LogP contribution < -0.4 is 5.56 Å². The Morgan fingerprint density at radius 3 is 2.52 bits per heavy atom. The Bertz CT molecular complexity index is 1190. The molecule has 0 bridgehead atoms. The van der Waals surface area contributed by atoms with Crippen molar-refractivity contribution < 1.29 is 9.50 Å². The van der Waals surface area contributed by atoms with Crippen molar-refractivity contribution >= 4 is 58.9 Å². The molecule has 3 aromatic rings. The van der Waals surface area contributed by atoms with E-state index in [9.17, 15) is 14.3 Å². The first-order valence-electron chi connectivity index (χ1n) is 7.31. The predicted octanol–water partition coefficient (Wildman–Crippen LogP) is 5.45. The highest BCUT2D eigenvalue weighted by Gasteiger charge is 2.14. The van der Waals surface area contributed by atoms with E-state index in [0.29, 0.717) is 15.7 Å². The number of hydrogen-bond donors (Lipinski definition) is 2. The zero-order valence-electron chi connectivity index (χ0n) is 13.2. The summed E-state index contributed by atoms with van der Waals surface area (Å²) in [6.07, 6.45) is 1.16. The Morgan fingerprint density at radius 1 is 1.11 bits per heavy atom. The number of H-pyrrole nitrogens is 1. The van der Waals surface area contributed by atoms with Crippen LogP contribution in [0.25, 0.3) is 5.69 Å². The molecule has 1 aromatic heterocycles. The van der Waals surface area contributed by atoms with Crippen molar-refractivity contribution in [3.8, 4) is 11.6 Å². The highest BCUT2D eigenvalue weighted by molar-refractivity contribution is 7.71. The minimum absolute atomic E-state index is 0.0909. The molecule has 138 valence electrons. The van der Waals surface area contributed by atoms with E-state index < -0.39 is 17.3 Å². The van der Waals surface area contributed by atoms with Crippen LogP contribution in [-0.4, -0.2) is 20.9 Å². The summed E-state index contributed by atoms with van der Waals surface area (Å²) in [7, 11) is 0. The van der Waals surface area contributed by atoms with Gasteiger partial charge in [0.05, 0.1) is 26.4 Å². The zero-order valence-corrected chi connectivity index (χ0v) is 16.3. The Morgan fingerprint density at radius 2 is 1.85 bits per heavy atom. The van der Waals surface area contributed by atoms with Crippen LogP contribution in [0.5, 0.6) is 5.88 Å². The fourth-order valence-corrected chi connectivity index (χ4v) is 2.97. The van der Waals surface area contributed by atoms with Crippen molar-refractivity contribution in [1.82, 2.24) is 9.55 Å². The highest BCUT2D eigenvalue weighted by Crippen LogP contribution is 2.27. The second-order valence-electron chi connectivity index (χ2n) is 5.29. The normalized spacial score (nSPS) is 11.3. The van der Waals surface area contributed by atoms with Gasteiger partial charge in [0.2, 0.25) is 5.88 Å². The van der Waals surface area contributed by atoms with E-state index in [-0.39, 0.29) is 21.0 Å². The number of aromatic nitrogens is 2. The maximum absolute atomic E-state index is 13.4. The van der Waals surface area contributed by atoms with Crippen LogP contribution in [0, 0.1) is 10.6 Å². The molecule has 10 heteroatoms. The molecule has 0 radical (unpaired) electrons. The van der Waals surface area contributed by atoms with Gasteiger partial charge in [-0.15, -0.1) is 0 Å². The van der Waals surface area contributed by atoms with Gasteiger partial charge in [0.1, 0.15) is 11.4 Å². The molecule has 0 spiro atoms. The largest absolute Gasteiger partial charge is 0.494 e. The quantitative estimate of drug-likeness (QED) is 0.417. The molecule has 27 heavy (non-hydrogen) atoms. The Kier molecular flexibility index (Phi) is 5.67. The van der Waals surface area contributed by atoms with Crippen LogP contribution in [0.2, 0.25) is 15.1 Å². The van der Waals surface area contributed by atoms with Gasteiger partial charge < -0.3 is 5.11 Å². The van der Waals surface area contributed by atoms with Crippen LogP contribution >= 0.6 is 47.0 Å². The maximum Gasteiger partial charge on any atom is 0.264 e. The average Bonchev–Trinajstić information content (AvgIpc) is 2.60. The first kappa shape index (κ1) is 19.6. The lowest BCUT2D eigenvalue weighted by Gasteiger charge is -2.11. The zero-order chi connectivity index (χ0) is 19.7. The third-order valence-corrected chi connectivity index (χ3v) is 4.84. The summed E-state index contributed by atoms with van der Waals surface area (Å²) in [5.74, 6) is -1.10. The summed E-state index contributed by atoms with van der Waals surface area (Å²) in [4.78, 5) is 18.7. The van der Waals surface area contributed by atoms with Crippen LogP contribution in [-0.2, 0) is 0 Å². The maximum atomic E-state index is 13.4. The molecule has 5 nitrogen and oxygen atoms in total. The second kappa shape index (κ2) is 7.82. The predicted molar refractivity (Wildman–Crippen MR) is 108 cm³/mol. The number of nitrogens with one attached hydrogen (secondary N) is 1. The lowest BCUT2D eigenvalue weighted by Crippen LogP contribution is -2.18. The number of aromatic hydroxyl groups is 1. The van der Waals surface area contributed by atoms with Gasteiger partial charge >= 0.3 is 0 Å². The SMILES string of the molecule is O=c1[nH]c(=S)n(-c2ccc(F)c(Cl)c2)c(O)c1C=Nc1ccc(Cl)c(Cl)c1. The van der Waals surface area contributed by atoms with Gasteiger partial charge in [-0.25, -0.2) is 4.39 Å². The smallest absolute Gasteiger partial charge is 0.264 e. The number of hydrogen-bond acceptors (Lipinski definition) is 4.